The van der Waals surface area contributed by atoms with Crippen LogP contribution in [0.3, 0.4) is 0 Å². The molecule has 0 unspecified atom stereocenters. The third kappa shape index (κ3) is 3.95. The predicted octanol–water partition coefficient (Wildman–Crippen LogP) is 4.30. The van der Waals surface area contributed by atoms with Crippen LogP contribution in [0.5, 0.6) is 0 Å². The predicted molar refractivity (Wildman–Crippen MR) is 129 cm³/mol. The third-order valence-electron chi connectivity index (χ3n) is 6.23. The van der Waals surface area contributed by atoms with Gasteiger partial charge in [0.2, 0.25) is 5.91 Å². The van der Waals surface area contributed by atoms with Crippen LogP contribution in [0, 0.1) is 13.8 Å². The molecule has 0 atom stereocenters. The number of hydrogen-bond donors (Lipinski definition) is 0. The molecule has 2 aliphatic rings. The van der Waals surface area contributed by atoms with Crippen LogP contribution in [0.1, 0.15) is 29.8 Å². The summed E-state index contributed by atoms with van der Waals surface area (Å²) < 4.78 is 2.12. The smallest absolute Gasteiger partial charge is 0.294 e. The first-order valence-corrected chi connectivity index (χ1v) is 11.8. The maximum atomic E-state index is 12.9. The lowest BCUT2D eigenvalue weighted by molar-refractivity contribution is -0.135. The van der Waals surface area contributed by atoms with E-state index >= 15 is 0 Å². The molecule has 3 amide bonds. The van der Waals surface area contributed by atoms with Gasteiger partial charge in [-0.3, -0.25) is 24.3 Å². The van der Waals surface area contributed by atoms with Gasteiger partial charge >= 0.3 is 0 Å². The molecule has 2 saturated heterocycles. The summed E-state index contributed by atoms with van der Waals surface area (Å²) in [5, 5.41) is 0.655. The van der Waals surface area contributed by atoms with Gasteiger partial charge in [-0.05, 0) is 80.4 Å². The summed E-state index contributed by atoms with van der Waals surface area (Å²) >= 11 is 0.893. The van der Waals surface area contributed by atoms with Gasteiger partial charge in [0.1, 0.15) is 6.54 Å². The highest BCUT2D eigenvalue weighted by atomic mass is 32.2. The molecular weight excluding hydrogens is 436 g/mol. The average Bonchev–Trinajstić information content (AvgIpc) is 3.50. The minimum atomic E-state index is -0.404. The summed E-state index contributed by atoms with van der Waals surface area (Å²) in [6, 6.07) is 12.1. The zero-order valence-electron chi connectivity index (χ0n) is 18.6. The normalized spacial score (nSPS) is 17.7. The van der Waals surface area contributed by atoms with E-state index in [2.05, 4.69) is 15.6 Å². The molecule has 3 aromatic rings. The molecule has 8 heteroatoms. The lowest BCUT2D eigenvalue weighted by atomic mass is 10.2. The molecule has 7 nitrogen and oxygen atoms in total. The van der Waals surface area contributed by atoms with E-state index in [9.17, 15) is 14.4 Å². The lowest BCUT2D eigenvalue weighted by Gasteiger charge is -2.18. The van der Waals surface area contributed by atoms with E-state index in [4.69, 9.17) is 0 Å². The Bertz CT molecular complexity index is 1320. The molecule has 0 aliphatic carbocycles. The highest BCUT2D eigenvalue weighted by molar-refractivity contribution is 8.18. The topological polar surface area (TPSA) is 75.5 Å². The van der Waals surface area contributed by atoms with Crippen LogP contribution in [0.2, 0.25) is 0 Å². The molecule has 2 fully saturated rings. The molecule has 0 N–H and O–H groups in total. The maximum Gasteiger partial charge on any atom is 0.294 e. The van der Waals surface area contributed by atoms with Gasteiger partial charge in [-0.15, -0.1) is 0 Å². The minimum absolute atomic E-state index is 0.167. The van der Waals surface area contributed by atoms with Crippen molar-refractivity contribution in [3.63, 3.8) is 0 Å². The number of nitrogens with zero attached hydrogens (tertiary/aromatic N) is 4. The molecule has 0 spiro atoms. The van der Waals surface area contributed by atoms with Gasteiger partial charge in [-0.25, -0.2) is 0 Å². The fourth-order valence-electron chi connectivity index (χ4n) is 4.51. The highest BCUT2D eigenvalue weighted by Gasteiger charge is 2.37. The third-order valence-corrected chi connectivity index (χ3v) is 7.13. The van der Waals surface area contributed by atoms with E-state index in [1.807, 2.05) is 44.2 Å². The van der Waals surface area contributed by atoms with Crippen molar-refractivity contribution in [1.29, 1.82) is 0 Å². The van der Waals surface area contributed by atoms with Crippen LogP contribution in [0.4, 0.5) is 4.79 Å². The highest BCUT2D eigenvalue weighted by Crippen LogP contribution is 2.34. The van der Waals surface area contributed by atoms with Gasteiger partial charge in [0, 0.05) is 41.7 Å². The number of thioether (sulfide) groups is 1. The second kappa shape index (κ2) is 8.51. The van der Waals surface area contributed by atoms with Gasteiger partial charge in [0.05, 0.1) is 10.4 Å². The second-order valence-electron chi connectivity index (χ2n) is 8.40. The Hall–Kier alpha value is -3.39. The Morgan fingerprint density at radius 3 is 2.70 bits per heavy atom. The van der Waals surface area contributed by atoms with E-state index < -0.39 is 11.1 Å². The zero-order chi connectivity index (χ0) is 23.1. The number of hydrogen-bond acceptors (Lipinski definition) is 5. The molecule has 2 aromatic heterocycles. The number of imide groups is 1. The number of fused-ring (bicyclic) bond motifs is 1. The fourth-order valence-corrected chi connectivity index (χ4v) is 5.34. The van der Waals surface area contributed by atoms with Crippen molar-refractivity contribution in [1.82, 2.24) is 19.4 Å². The summed E-state index contributed by atoms with van der Waals surface area (Å²) in [5.41, 5.74) is 4.80. The van der Waals surface area contributed by atoms with Crippen molar-refractivity contribution in [2.75, 3.05) is 19.6 Å². The number of carbonyl (C=O) groups is 3. The maximum absolute atomic E-state index is 12.9. The van der Waals surface area contributed by atoms with Gasteiger partial charge in [0.15, 0.2) is 0 Å². The molecule has 0 bridgehead atoms. The van der Waals surface area contributed by atoms with E-state index in [-0.39, 0.29) is 12.5 Å². The summed E-state index contributed by atoms with van der Waals surface area (Å²) in [4.78, 5) is 45.4. The van der Waals surface area contributed by atoms with E-state index in [0.29, 0.717) is 18.0 Å². The van der Waals surface area contributed by atoms with Crippen molar-refractivity contribution in [2.45, 2.75) is 26.7 Å². The van der Waals surface area contributed by atoms with Gasteiger partial charge in [-0.1, -0.05) is 6.07 Å². The summed E-state index contributed by atoms with van der Waals surface area (Å²) in [5.74, 6) is -0.570. The number of carbonyl (C=O) groups excluding carboxylic acids is 3. The van der Waals surface area contributed by atoms with Crippen molar-refractivity contribution in [3.8, 4) is 5.69 Å². The Kier molecular flexibility index (Phi) is 5.54. The summed E-state index contributed by atoms with van der Waals surface area (Å²) in [6.07, 6.45) is 5.47. The van der Waals surface area contributed by atoms with Crippen molar-refractivity contribution in [3.05, 3.63) is 64.5 Å². The lowest BCUT2D eigenvalue weighted by Crippen LogP contribution is -2.40. The Balaban J connectivity index is 1.42. The molecule has 5 rings (SSSR count). The molecule has 2 aliphatic heterocycles. The SMILES string of the molecule is Cc1cc(C=C2SC(=O)N(CC(=O)N3CCCC3)C2=O)c(C)n1-c1ccc2ncccc2c1. The van der Waals surface area contributed by atoms with Crippen LogP contribution in [0.15, 0.2) is 47.5 Å². The number of aromatic nitrogens is 2. The number of benzene rings is 1. The number of amides is 3. The average molecular weight is 461 g/mol. The number of likely N-dealkylation sites (tertiary alicyclic amines) is 1. The molecule has 168 valence electrons. The Morgan fingerprint density at radius 1 is 1.12 bits per heavy atom. The molecule has 4 heterocycles. The van der Waals surface area contributed by atoms with Gasteiger partial charge in [-0.2, -0.15) is 0 Å². The van der Waals surface area contributed by atoms with Gasteiger partial charge < -0.3 is 9.47 Å². The minimum Gasteiger partial charge on any atom is -0.341 e. The quantitative estimate of drug-likeness (QED) is 0.543. The monoisotopic (exact) mass is 460 g/mol. The summed E-state index contributed by atoms with van der Waals surface area (Å²) in [6.45, 7) is 5.21. The number of pyridine rings is 1. The molecule has 0 radical (unpaired) electrons. The van der Waals surface area contributed by atoms with E-state index in [0.717, 1.165) is 63.0 Å². The zero-order valence-corrected chi connectivity index (χ0v) is 19.4. The Morgan fingerprint density at radius 2 is 1.91 bits per heavy atom. The molecule has 0 saturated carbocycles. The second-order valence-corrected chi connectivity index (χ2v) is 9.39. The first-order chi connectivity index (χ1) is 15.9. The van der Waals surface area contributed by atoms with Crippen molar-refractivity contribution >= 4 is 45.8 Å². The molecular formula is C25H24N4O3S. The van der Waals surface area contributed by atoms with E-state index in [1.165, 1.54) is 0 Å². The van der Waals surface area contributed by atoms with Crippen LogP contribution in [-0.4, -0.2) is 56.0 Å². The Labute approximate surface area is 196 Å². The van der Waals surface area contributed by atoms with Crippen LogP contribution in [-0.2, 0) is 9.59 Å². The molecule has 1 aromatic carbocycles. The van der Waals surface area contributed by atoms with E-state index in [1.54, 1.807) is 17.2 Å². The van der Waals surface area contributed by atoms with Crippen LogP contribution < -0.4 is 0 Å². The standard InChI is InChI=1S/C25H24N4O3S/c1-16-12-19(17(2)29(16)20-7-8-21-18(13-20)6-5-9-26-21)14-22-24(31)28(25(32)33-22)15-23(30)27-10-3-4-11-27/h5-9,12-14H,3-4,10-11,15H2,1-2H3. The van der Waals surface area contributed by atoms with Crippen LogP contribution in [0.25, 0.3) is 22.7 Å². The number of aryl methyl sites for hydroxylation is 1. The van der Waals surface area contributed by atoms with Crippen LogP contribution >= 0.6 is 11.8 Å². The number of rotatable bonds is 4. The van der Waals surface area contributed by atoms with Crippen molar-refractivity contribution < 1.29 is 14.4 Å². The van der Waals surface area contributed by atoms with Crippen molar-refractivity contribution in [2.24, 2.45) is 0 Å². The largest absolute Gasteiger partial charge is 0.341 e. The van der Waals surface area contributed by atoms with Gasteiger partial charge in [0.25, 0.3) is 11.1 Å². The first kappa shape index (κ1) is 21.5. The molecule has 33 heavy (non-hydrogen) atoms. The first-order valence-electron chi connectivity index (χ1n) is 11.0. The summed E-state index contributed by atoms with van der Waals surface area (Å²) in [7, 11) is 0. The fraction of sp³-hybridized carbons (Fsp3) is 0.280.